The predicted octanol–water partition coefficient (Wildman–Crippen LogP) is 3.52. The molecule has 0 aliphatic carbocycles. The van der Waals surface area contributed by atoms with Crippen molar-refractivity contribution in [2.45, 2.75) is 38.5 Å². The summed E-state index contributed by atoms with van der Waals surface area (Å²) in [5, 5.41) is 11.1. The minimum absolute atomic E-state index is 0.0668. The van der Waals surface area contributed by atoms with Crippen molar-refractivity contribution >= 4 is 28.4 Å². The van der Waals surface area contributed by atoms with E-state index in [0.29, 0.717) is 5.52 Å². The molecule has 0 unspecified atom stereocenters. The van der Waals surface area contributed by atoms with Crippen LogP contribution in [0.25, 0.3) is 11.0 Å². The summed E-state index contributed by atoms with van der Waals surface area (Å²) in [5.74, 6) is 1.84. The van der Waals surface area contributed by atoms with E-state index in [1.165, 1.54) is 37.8 Å². The monoisotopic (exact) mass is 341 g/mol. The summed E-state index contributed by atoms with van der Waals surface area (Å²) in [6, 6.07) is 4.77. The van der Waals surface area contributed by atoms with E-state index in [1.807, 2.05) is 0 Å². The van der Waals surface area contributed by atoms with Crippen LogP contribution in [0.2, 0.25) is 0 Å². The van der Waals surface area contributed by atoms with Gasteiger partial charge in [-0.25, -0.2) is 9.97 Å². The van der Waals surface area contributed by atoms with Crippen molar-refractivity contribution in [3.63, 3.8) is 0 Å². The molecular weight excluding hydrogens is 318 g/mol. The van der Waals surface area contributed by atoms with E-state index in [0.717, 1.165) is 56.2 Å². The standard InChI is InChI=1S/C18H23N5O2/c24-23(25)14-7-8-15-16(13-14)20-18(22-11-5-2-6-12-22)17(19-15)21-9-3-1-4-10-21/h7-8,13H,1-6,9-12H2. The topological polar surface area (TPSA) is 75.4 Å². The molecule has 3 heterocycles. The van der Waals surface area contributed by atoms with Crippen LogP contribution >= 0.6 is 0 Å². The molecular formula is C18H23N5O2. The summed E-state index contributed by atoms with van der Waals surface area (Å²) in [4.78, 5) is 25.1. The first-order valence-electron chi connectivity index (χ1n) is 9.18. The lowest BCUT2D eigenvalue weighted by atomic mass is 10.1. The molecule has 2 aliphatic rings. The fraction of sp³-hybridized carbons (Fsp3) is 0.556. The number of hydrogen-bond acceptors (Lipinski definition) is 6. The maximum Gasteiger partial charge on any atom is 0.271 e. The van der Waals surface area contributed by atoms with Crippen molar-refractivity contribution < 1.29 is 4.92 Å². The van der Waals surface area contributed by atoms with Gasteiger partial charge >= 0.3 is 0 Å². The highest BCUT2D eigenvalue weighted by atomic mass is 16.6. The summed E-state index contributed by atoms with van der Waals surface area (Å²) < 4.78 is 0. The van der Waals surface area contributed by atoms with Gasteiger partial charge < -0.3 is 9.80 Å². The lowest BCUT2D eigenvalue weighted by Crippen LogP contribution is -2.35. The third-order valence-electron chi connectivity index (χ3n) is 5.13. The maximum atomic E-state index is 11.1. The number of nitrogens with zero attached hydrogens (tertiary/aromatic N) is 5. The molecule has 0 saturated carbocycles. The summed E-state index contributed by atoms with van der Waals surface area (Å²) in [5.41, 5.74) is 1.40. The first-order valence-corrected chi connectivity index (χ1v) is 9.18. The Balaban J connectivity index is 1.81. The number of nitro benzene ring substituents is 1. The molecule has 4 rings (SSSR count). The second kappa shape index (κ2) is 6.82. The summed E-state index contributed by atoms with van der Waals surface area (Å²) in [7, 11) is 0. The Morgan fingerprint density at radius 3 is 1.84 bits per heavy atom. The number of anilines is 2. The van der Waals surface area contributed by atoms with Gasteiger partial charge in [0.1, 0.15) is 0 Å². The van der Waals surface area contributed by atoms with Crippen LogP contribution in [-0.4, -0.2) is 41.1 Å². The first-order chi connectivity index (χ1) is 12.2. The van der Waals surface area contributed by atoms with Gasteiger partial charge in [0.25, 0.3) is 5.69 Å². The number of benzene rings is 1. The SMILES string of the molecule is O=[N+]([O-])c1ccc2nc(N3CCCCC3)c(N3CCCCC3)nc2c1. The van der Waals surface area contributed by atoms with Gasteiger partial charge in [-0.3, -0.25) is 10.1 Å². The average Bonchev–Trinajstić information content (AvgIpc) is 2.68. The van der Waals surface area contributed by atoms with Gasteiger partial charge in [-0.15, -0.1) is 0 Å². The zero-order valence-corrected chi connectivity index (χ0v) is 14.4. The van der Waals surface area contributed by atoms with Crippen LogP contribution < -0.4 is 9.80 Å². The number of rotatable bonds is 3. The molecule has 0 N–H and O–H groups in total. The number of non-ortho nitro benzene ring substituents is 1. The third-order valence-corrected chi connectivity index (χ3v) is 5.13. The maximum absolute atomic E-state index is 11.1. The quantitative estimate of drug-likeness (QED) is 0.628. The molecule has 0 atom stereocenters. The second-order valence-corrected chi connectivity index (χ2v) is 6.90. The Hall–Kier alpha value is -2.44. The highest BCUT2D eigenvalue weighted by molar-refractivity contribution is 5.83. The average molecular weight is 341 g/mol. The molecule has 2 fully saturated rings. The number of hydrogen-bond donors (Lipinski definition) is 0. The Bertz CT molecular complexity index is 782. The fourth-order valence-electron chi connectivity index (χ4n) is 3.77. The minimum atomic E-state index is -0.375. The van der Waals surface area contributed by atoms with Crippen LogP contribution in [0.15, 0.2) is 18.2 Å². The Morgan fingerprint density at radius 1 is 0.800 bits per heavy atom. The molecule has 0 amide bonds. The van der Waals surface area contributed by atoms with Gasteiger partial charge in [-0.1, -0.05) is 0 Å². The lowest BCUT2D eigenvalue weighted by molar-refractivity contribution is -0.384. The van der Waals surface area contributed by atoms with Crippen molar-refractivity contribution in [1.29, 1.82) is 0 Å². The molecule has 7 heteroatoms. The highest BCUT2D eigenvalue weighted by Crippen LogP contribution is 2.32. The molecule has 25 heavy (non-hydrogen) atoms. The van der Waals surface area contributed by atoms with E-state index in [9.17, 15) is 10.1 Å². The third kappa shape index (κ3) is 3.23. The molecule has 2 saturated heterocycles. The van der Waals surface area contributed by atoms with Crippen LogP contribution in [-0.2, 0) is 0 Å². The highest BCUT2D eigenvalue weighted by Gasteiger charge is 2.24. The van der Waals surface area contributed by atoms with Crippen molar-refractivity contribution in [3.05, 3.63) is 28.3 Å². The number of fused-ring (bicyclic) bond motifs is 1. The van der Waals surface area contributed by atoms with E-state index >= 15 is 0 Å². The summed E-state index contributed by atoms with van der Waals surface area (Å²) in [6.07, 6.45) is 7.20. The van der Waals surface area contributed by atoms with Crippen LogP contribution in [0.1, 0.15) is 38.5 Å². The molecule has 1 aromatic carbocycles. The molecule has 2 aliphatic heterocycles. The predicted molar refractivity (Wildman–Crippen MR) is 98.3 cm³/mol. The lowest BCUT2D eigenvalue weighted by Gasteiger charge is -2.34. The Morgan fingerprint density at radius 2 is 1.32 bits per heavy atom. The molecule has 7 nitrogen and oxygen atoms in total. The van der Waals surface area contributed by atoms with E-state index < -0.39 is 0 Å². The van der Waals surface area contributed by atoms with E-state index in [1.54, 1.807) is 6.07 Å². The van der Waals surface area contributed by atoms with Crippen LogP contribution in [0, 0.1) is 10.1 Å². The van der Waals surface area contributed by atoms with Crippen molar-refractivity contribution in [2.24, 2.45) is 0 Å². The van der Waals surface area contributed by atoms with Crippen molar-refractivity contribution in [1.82, 2.24) is 9.97 Å². The smallest absolute Gasteiger partial charge is 0.271 e. The molecule has 132 valence electrons. The van der Waals surface area contributed by atoms with Gasteiger partial charge in [0.05, 0.1) is 16.0 Å². The molecule has 2 aromatic rings. The number of aromatic nitrogens is 2. The van der Waals surface area contributed by atoms with Crippen molar-refractivity contribution in [2.75, 3.05) is 36.0 Å². The normalized spacial score (nSPS) is 18.6. The van der Waals surface area contributed by atoms with Crippen LogP contribution in [0.5, 0.6) is 0 Å². The van der Waals surface area contributed by atoms with E-state index in [-0.39, 0.29) is 10.6 Å². The van der Waals surface area contributed by atoms with Gasteiger partial charge in [0.15, 0.2) is 11.6 Å². The first kappa shape index (κ1) is 16.1. The Labute approximate surface area is 146 Å². The van der Waals surface area contributed by atoms with E-state index in [4.69, 9.17) is 9.97 Å². The minimum Gasteiger partial charge on any atom is -0.354 e. The van der Waals surface area contributed by atoms with Crippen LogP contribution in [0.4, 0.5) is 17.3 Å². The molecule has 1 aromatic heterocycles. The zero-order valence-electron chi connectivity index (χ0n) is 14.4. The van der Waals surface area contributed by atoms with E-state index in [2.05, 4.69) is 9.80 Å². The van der Waals surface area contributed by atoms with Gasteiger partial charge in [-0.05, 0) is 44.6 Å². The number of nitro groups is 1. The summed E-state index contributed by atoms with van der Waals surface area (Å²) >= 11 is 0. The van der Waals surface area contributed by atoms with Gasteiger partial charge in [-0.2, -0.15) is 0 Å². The second-order valence-electron chi connectivity index (χ2n) is 6.90. The van der Waals surface area contributed by atoms with Crippen LogP contribution in [0.3, 0.4) is 0 Å². The van der Waals surface area contributed by atoms with Crippen molar-refractivity contribution in [3.8, 4) is 0 Å². The van der Waals surface area contributed by atoms with Gasteiger partial charge in [0.2, 0.25) is 0 Å². The molecule has 0 bridgehead atoms. The van der Waals surface area contributed by atoms with Gasteiger partial charge in [0, 0.05) is 38.3 Å². The fourth-order valence-corrected chi connectivity index (χ4v) is 3.77. The molecule has 0 radical (unpaired) electrons. The molecule has 0 spiro atoms. The summed E-state index contributed by atoms with van der Waals surface area (Å²) in [6.45, 7) is 3.98. The zero-order chi connectivity index (χ0) is 17.2. The largest absolute Gasteiger partial charge is 0.354 e. The number of piperidine rings is 2. The Kier molecular flexibility index (Phi) is 4.38.